The number of rotatable bonds is 6. The molecule has 33 heavy (non-hydrogen) atoms. The Balaban J connectivity index is 1.28. The first-order valence-corrected chi connectivity index (χ1v) is 12.1. The Morgan fingerprint density at radius 3 is 2.91 bits per heavy atom. The Morgan fingerprint density at radius 1 is 1.27 bits per heavy atom. The van der Waals surface area contributed by atoms with Gasteiger partial charge in [0.1, 0.15) is 5.69 Å². The van der Waals surface area contributed by atoms with E-state index < -0.39 is 0 Å². The molecule has 1 atom stereocenters. The monoisotopic (exact) mass is 446 g/mol. The third-order valence-electron chi connectivity index (χ3n) is 7.25. The Labute approximate surface area is 195 Å². The SMILES string of the molecule is C[C@@H](C(=O)C/C=C/c1ccc2cc(-c3n[nH]c4c3CCC(C)(C)C4)[nH]c2c1)N1CCOCC1. The molecule has 0 spiro atoms. The summed E-state index contributed by atoms with van der Waals surface area (Å²) < 4.78 is 5.39. The van der Waals surface area contributed by atoms with E-state index >= 15 is 0 Å². The van der Waals surface area contributed by atoms with E-state index in [9.17, 15) is 4.79 Å². The number of benzene rings is 1. The van der Waals surface area contributed by atoms with E-state index in [0.29, 0.717) is 25.0 Å². The summed E-state index contributed by atoms with van der Waals surface area (Å²) in [6.07, 6.45) is 7.77. The number of allylic oxidation sites excluding steroid dienone is 1. The van der Waals surface area contributed by atoms with Gasteiger partial charge in [-0.1, -0.05) is 38.1 Å². The van der Waals surface area contributed by atoms with Crippen molar-refractivity contribution in [3.05, 3.63) is 47.2 Å². The topological polar surface area (TPSA) is 74.0 Å². The van der Waals surface area contributed by atoms with Gasteiger partial charge >= 0.3 is 0 Å². The number of hydrogen-bond donors (Lipinski definition) is 2. The molecule has 1 fully saturated rings. The maximum atomic E-state index is 12.6. The maximum absolute atomic E-state index is 12.6. The summed E-state index contributed by atoms with van der Waals surface area (Å²) in [6, 6.07) is 8.52. The van der Waals surface area contributed by atoms with Crippen LogP contribution >= 0.6 is 0 Å². The van der Waals surface area contributed by atoms with E-state index in [1.807, 2.05) is 19.1 Å². The molecule has 3 aromatic rings. The number of hydrogen-bond acceptors (Lipinski definition) is 4. The van der Waals surface area contributed by atoms with E-state index in [1.165, 1.54) is 23.1 Å². The van der Waals surface area contributed by atoms with E-state index in [-0.39, 0.29) is 11.8 Å². The number of nitrogens with one attached hydrogen (secondary N) is 2. The fraction of sp³-hybridized carbons (Fsp3) is 0.481. The Bertz CT molecular complexity index is 1180. The quantitative estimate of drug-likeness (QED) is 0.572. The van der Waals surface area contributed by atoms with E-state index in [2.05, 4.69) is 58.2 Å². The molecule has 2 N–H and O–H groups in total. The number of ketones is 1. The first kappa shape index (κ1) is 22.1. The molecule has 3 heterocycles. The largest absolute Gasteiger partial charge is 0.379 e. The average Bonchev–Trinajstić information content (AvgIpc) is 3.41. The molecule has 0 unspecified atom stereocenters. The van der Waals surface area contributed by atoms with Gasteiger partial charge in [-0.15, -0.1) is 0 Å². The van der Waals surface area contributed by atoms with Crippen LogP contribution in [0.15, 0.2) is 30.3 Å². The van der Waals surface area contributed by atoms with Crippen molar-refractivity contribution in [1.29, 1.82) is 0 Å². The van der Waals surface area contributed by atoms with Crippen LogP contribution in [-0.4, -0.2) is 58.2 Å². The Kier molecular flexibility index (Phi) is 5.97. The molecular formula is C27H34N4O2. The fourth-order valence-corrected chi connectivity index (χ4v) is 5.10. The maximum Gasteiger partial charge on any atom is 0.153 e. The number of carbonyl (C=O) groups is 1. The second-order valence-corrected chi connectivity index (χ2v) is 10.3. The van der Waals surface area contributed by atoms with E-state index in [1.54, 1.807) is 0 Å². The van der Waals surface area contributed by atoms with Gasteiger partial charge in [0.05, 0.1) is 24.9 Å². The van der Waals surface area contributed by atoms with Crippen LogP contribution in [0.2, 0.25) is 0 Å². The molecule has 2 aliphatic rings. The van der Waals surface area contributed by atoms with Crippen molar-refractivity contribution < 1.29 is 9.53 Å². The lowest BCUT2D eigenvalue weighted by Gasteiger charge is -2.31. The molecule has 1 saturated heterocycles. The number of morpholine rings is 1. The standard InChI is InChI=1S/C27H34N4O2/c1-18(31-11-13-33-14-12-31)25(32)6-4-5-19-7-8-20-16-23(28-22(20)15-19)26-21-9-10-27(2,3)17-24(21)29-30-26/h4-5,7-8,15-16,18,28H,6,9-14,17H2,1-3H3,(H,29,30)/b5-4+/t18-/m0/s1. The summed E-state index contributed by atoms with van der Waals surface area (Å²) in [5.41, 5.74) is 7.27. The highest BCUT2D eigenvalue weighted by atomic mass is 16.5. The van der Waals surface area contributed by atoms with Gasteiger partial charge in [0, 0.05) is 41.7 Å². The predicted octanol–water partition coefficient (Wildman–Crippen LogP) is 4.77. The third kappa shape index (κ3) is 4.68. The minimum Gasteiger partial charge on any atom is -0.379 e. The molecule has 0 amide bonds. The lowest BCUT2D eigenvalue weighted by Crippen LogP contribution is -2.45. The Hall–Kier alpha value is -2.70. The lowest BCUT2D eigenvalue weighted by molar-refractivity contribution is -0.124. The minimum absolute atomic E-state index is 0.0580. The van der Waals surface area contributed by atoms with Crippen LogP contribution in [0.3, 0.4) is 0 Å². The molecule has 174 valence electrons. The molecule has 5 rings (SSSR count). The summed E-state index contributed by atoms with van der Waals surface area (Å²) in [6.45, 7) is 9.74. The van der Waals surface area contributed by atoms with Crippen LogP contribution in [0.5, 0.6) is 0 Å². The molecule has 1 aliphatic heterocycles. The third-order valence-corrected chi connectivity index (χ3v) is 7.25. The van der Waals surface area contributed by atoms with Crippen molar-refractivity contribution >= 4 is 22.8 Å². The summed E-state index contributed by atoms with van der Waals surface area (Å²) in [4.78, 5) is 18.4. The molecule has 0 saturated carbocycles. The number of Topliss-reactive ketones (excluding diaryl/α,β-unsaturated/α-hetero) is 1. The van der Waals surface area contributed by atoms with Crippen molar-refractivity contribution in [2.45, 2.75) is 52.5 Å². The van der Waals surface area contributed by atoms with Gasteiger partial charge in [-0.2, -0.15) is 5.10 Å². The molecule has 6 nitrogen and oxygen atoms in total. The van der Waals surface area contributed by atoms with Crippen LogP contribution < -0.4 is 0 Å². The Morgan fingerprint density at radius 2 is 2.09 bits per heavy atom. The van der Waals surface area contributed by atoms with Gasteiger partial charge < -0.3 is 9.72 Å². The highest BCUT2D eigenvalue weighted by molar-refractivity contribution is 5.88. The highest BCUT2D eigenvalue weighted by Crippen LogP contribution is 2.38. The number of ether oxygens (including phenoxy) is 1. The van der Waals surface area contributed by atoms with Gasteiger partial charge in [-0.3, -0.25) is 14.8 Å². The van der Waals surface area contributed by atoms with Crippen molar-refractivity contribution in [2.24, 2.45) is 5.41 Å². The smallest absolute Gasteiger partial charge is 0.153 e. The minimum atomic E-state index is -0.0580. The second kappa shape index (κ2) is 8.92. The van der Waals surface area contributed by atoms with Crippen LogP contribution in [-0.2, 0) is 22.4 Å². The van der Waals surface area contributed by atoms with Crippen molar-refractivity contribution in [3.8, 4) is 11.4 Å². The summed E-state index contributed by atoms with van der Waals surface area (Å²) in [7, 11) is 0. The van der Waals surface area contributed by atoms with Gasteiger partial charge in [0.2, 0.25) is 0 Å². The normalized spacial score (nSPS) is 19.7. The molecule has 0 radical (unpaired) electrons. The fourth-order valence-electron chi connectivity index (χ4n) is 5.10. The van der Waals surface area contributed by atoms with Crippen LogP contribution in [0.1, 0.15) is 50.4 Å². The summed E-state index contributed by atoms with van der Waals surface area (Å²) in [5.74, 6) is 0.253. The number of fused-ring (bicyclic) bond motifs is 2. The van der Waals surface area contributed by atoms with Crippen molar-refractivity contribution in [3.63, 3.8) is 0 Å². The van der Waals surface area contributed by atoms with Gasteiger partial charge in [-0.05, 0) is 49.3 Å². The molecule has 2 aromatic heterocycles. The highest BCUT2D eigenvalue weighted by Gasteiger charge is 2.29. The van der Waals surface area contributed by atoms with Crippen LogP contribution in [0.4, 0.5) is 0 Å². The number of aromatic amines is 2. The van der Waals surface area contributed by atoms with E-state index in [0.717, 1.165) is 48.4 Å². The molecule has 1 aliphatic carbocycles. The number of aromatic nitrogens is 3. The molecular weight excluding hydrogens is 412 g/mol. The van der Waals surface area contributed by atoms with Crippen molar-refractivity contribution in [2.75, 3.05) is 26.3 Å². The number of nitrogens with zero attached hydrogens (tertiary/aromatic N) is 2. The van der Waals surface area contributed by atoms with Crippen LogP contribution in [0, 0.1) is 5.41 Å². The first-order chi connectivity index (χ1) is 15.9. The predicted molar refractivity (Wildman–Crippen MR) is 132 cm³/mol. The van der Waals surface area contributed by atoms with Crippen molar-refractivity contribution in [1.82, 2.24) is 20.1 Å². The molecule has 0 bridgehead atoms. The lowest BCUT2D eigenvalue weighted by atomic mass is 9.76. The number of carbonyl (C=O) groups excluding carboxylic acids is 1. The first-order valence-electron chi connectivity index (χ1n) is 12.1. The second-order valence-electron chi connectivity index (χ2n) is 10.3. The van der Waals surface area contributed by atoms with Gasteiger partial charge in [0.25, 0.3) is 0 Å². The van der Waals surface area contributed by atoms with Crippen LogP contribution in [0.25, 0.3) is 28.4 Å². The molecule has 6 heteroatoms. The van der Waals surface area contributed by atoms with Gasteiger partial charge in [0.15, 0.2) is 5.78 Å². The molecule has 1 aromatic carbocycles. The summed E-state index contributed by atoms with van der Waals surface area (Å²) in [5, 5.41) is 9.11. The van der Waals surface area contributed by atoms with E-state index in [4.69, 9.17) is 4.74 Å². The average molecular weight is 447 g/mol. The number of H-pyrrole nitrogens is 2. The van der Waals surface area contributed by atoms with Gasteiger partial charge in [-0.25, -0.2) is 0 Å². The zero-order chi connectivity index (χ0) is 23.0. The zero-order valence-electron chi connectivity index (χ0n) is 19.9. The zero-order valence-corrected chi connectivity index (χ0v) is 19.9. The summed E-state index contributed by atoms with van der Waals surface area (Å²) >= 11 is 0.